The van der Waals surface area contributed by atoms with Crippen molar-refractivity contribution in [2.75, 3.05) is 6.54 Å². The summed E-state index contributed by atoms with van der Waals surface area (Å²) in [6, 6.07) is 9.52. The van der Waals surface area contributed by atoms with Crippen LogP contribution >= 0.6 is 15.9 Å². The average molecular weight is 324 g/mol. The summed E-state index contributed by atoms with van der Waals surface area (Å²) in [4.78, 5) is 0. The van der Waals surface area contributed by atoms with Gasteiger partial charge in [-0.05, 0) is 30.5 Å². The molecule has 0 radical (unpaired) electrons. The molecule has 1 aromatic rings. The van der Waals surface area contributed by atoms with Crippen molar-refractivity contribution in [1.29, 1.82) is 0 Å². The Labute approximate surface area is 126 Å². The highest BCUT2D eigenvalue weighted by Gasteiger charge is 2.32. The lowest BCUT2D eigenvalue weighted by Crippen LogP contribution is -2.40. The first-order chi connectivity index (χ1) is 9.12. The molecule has 1 aromatic carbocycles. The van der Waals surface area contributed by atoms with Gasteiger partial charge in [0.1, 0.15) is 0 Å². The molecule has 0 bridgehead atoms. The first kappa shape index (κ1) is 15.1. The van der Waals surface area contributed by atoms with Crippen molar-refractivity contribution in [2.24, 2.45) is 0 Å². The van der Waals surface area contributed by atoms with Gasteiger partial charge in [0.05, 0.1) is 0 Å². The molecule has 0 unspecified atom stereocenters. The van der Waals surface area contributed by atoms with Crippen LogP contribution in [-0.2, 0) is 5.41 Å². The zero-order chi connectivity index (χ0) is 13.7. The molecule has 0 saturated heterocycles. The molecule has 1 aliphatic carbocycles. The number of halogens is 1. The molecule has 1 saturated carbocycles. The smallest absolute Gasteiger partial charge is 0.0178 e. The van der Waals surface area contributed by atoms with E-state index in [1.54, 1.807) is 0 Å². The van der Waals surface area contributed by atoms with Gasteiger partial charge >= 0.3 is 0 Å². The van der Waals surface area contributed by atoms with Gasteiger partial charge in [0, 0.05) is 22.5 Å². The Morgan fingerprint density at radius 3 is 2.42 bits per heavy atom. The molecular weight excluding hydrogens is 298 g/mol. The molecule has 0 amide bonds. The third kappa shape index (κ3) is 4.06. The molecule has 0 aromatic heterocycles. The summed E-state index contributed by atoms with van der Waals surface area (Å²) in [7, 11) is 0. The van der Waals surface area contributed by atoms with Crippen molar-refractivity contribution >= 4 is 15.9 Å². The van der Waals surface area contributed by atoms with E-state index in [9.17, 15) is 0 Å². The maximum absolute atomic E-state index is 3.69. The van der Waals surface area contributed by atoms with Crippen LogP contribution in [0.2, 0.25) is 0 Å². The van der Waals surface area contributed by atoms with E-state index in [-0.39, 0.29) is 0 Å². The Morgan fingerprint density at radius 2 is 1.84 bits per heavy atom. The number of hydrogen-bond acceptors (Lipinski definition) is 1. The van der Waals surface area contributed by atoms with Crippen LogP contribution in [0, 0.1) is 0 Å². The van der Waals surface area contributed by atoms with Crippen LogP contribution in [0.15, 0.2) is 28.7 Å². The van der Waals surface area contributed by atoms with Crippen molar-refractivity contribution in [3.63, 3.8) is 0 Å². The predicted molar refractivity (Wildman–Crippen MR) is 86.7 cm³/mol. The molecule has 2 rings (SSSR count). The molecule has 1 nitrogen and oxygen atoms in total. The van der Waals surface area contributed by atoms with Gasteiger partial charge in [0.25, 0.3) is 0 Å². The van der Waals surface area contributed by atoms with Crippen molar-refractivity contribution in [2.45, 2.75) is 63.8 Å². The molecule has 2 heteroatoms. The molecule has 0 heterocycles. The van der Waals surface area contributed by atoms with E-state index < -0.39 is 0 Å². The summed E-state index contributed by atoms with van der Waals surface area (Å²) in [6.07, 6.45) is 8.18. The Kier molecular flexibility index (Phi) is 5.47. The second-order valence-corrected chi connectivity index (χ2v) is 7.16. The van der Waals surface area contributed by atoms with Gasteiger partial charge in [0.15, 0.2) is 0 Å². The second kappa shape index (κ2) is 6.90. The lowest BCUT2D eigenvalue weighted by atomic mass is 9.74. The predicted octanol–water partition coefficient (Wildman–Crippen LogP) is 5.04. The fourth-order valence-corrected chi connectivity index (χ4v) is 3.59. The monoisotopic (exact) mass is 323 g/mol. The normalized spacial score (nSPS) is 19.4. The largest absolute Gasteiger partial charge is 0.314 e. The zero-order valence-electron chi connectivity index (χ0n) is 12.2. The van der Waals surface area contributed by atoms with Crippen LogP contribution < -0.4 is 5.32 Å². The van der Waals surface area contributed by atoms with Crippen LogP contribution in [0.4, 0.5) is 0 Å². The van der Waals surface area contributed by atoms with Gasteiger partial charge < -0.3 is 5.32 Å². The molecule has 1 aliphatic rings. The third-order valence-corrected chi connectivity index (χ3v) is 4.84. The van der Waals surface area contributed by atoms with Gasteiger partial charge in [-0.25, -0.2) is 0 Å². The average Bonchev–Trinajstić information content (AvgIpc) is 2.63. The quantitative estimate of drug-likeness (QED) is 0.765. The molecule has 0 aliphatic heterocycles. The summed E-state index contributed by atoms with van der Waals surface area (Å²) in [5.41, 5.74) is 1.85. The molecule has 1 fully saturated rings. The molecule has 0 spiro atoms. The standard InChI is InChI=1S/C17H26BrN/c1-14(2)19-13-17(10-5-3-4-6-11-17)15-8-7-9-16(18)12-15/h7-9,12,14,19H,3-6,10-11,13H2,1-2H3. The molecular formula is C17H26BrN. The maximum Gasteiger partial charge on any atom is 0.0178 e. The highest BCUT2D eigenvalue weighted by atomic mass is 79.9. The van der Waals surface area contributed by atoms with Gasteiger partial charge in [-0.3, -0.25) is 0 Å². The number of hydrogen-bond donors (Lipinski definition) is 1. The molecule has 106 valence electrons. The topological polar surface area (TPSA) is 12.0 Å². The highest BCUT2D eigenvalue weighted by Crippen LogP contribution is 2.38. The maximum atomic E-state index is 3.69. The summed E-state index contributed by atoms with van der Waals surface area (Å²) in [5.74, 6) is 0. The van der Waals surface area contributed by atoms with Gasteiger partial charge in [-0.2, -0.15) is 0 Å². The van der Waals surface area contributed by atoms with E-state index in [0.29, 0.717) is 11.5 Å². The Hall–Kier alpha value is -0.340. The minimum absolute atomic E-state index is 0.338. The highest BCUT2D eigenvalue weighted by molar-refractivity contribution is 9.10. The second-order valence-electron chi connectivity index (χ2n) is 6.24. The van der Waals surface area contributed by atoms with Gasteiger partial charge in [0.2, 0.25) is 0 Å². The Balaban J connectivity index is 2.26. The Bertz CT molecular complexity index is 392. The van der Waals surface area contributed by atoms with Crippen LogP contribution in [0.25, 0.3) is 0 Å². The SMILES string of the molecule is CC(C)NCC1(c2cccc(Br)c2)CCCCCC1. The van der Waals surface area contributed by atoms with Crippen LogP contribution in [0.3, 0.4) is 0 Å². The Morgan fingerprint density at radius 1 is 1.16 bits per heavy atom. The van der Waals surface area contributed by atoms with Gasteiger partial charge in [-0.1, -0.05) is 67.6 Å². The van der Waals surface area contributed by atoms with Crippen molar-refractivity contribution in [1.82, 2.24) is 5.32 Å². The van der Waals surface area contributed by atoms with E-state index in [0.717, 1.165) is 6.54 Å². The summed E-state index contributed by atoms with van der Waals surface area (Å²) < 4.78 is 1.21. The minimum Gasteiger partial charge on any atom is -0.314 e. The molecule has 1 N–H and O–H groups in total. The lowest BCUT2D eigenvalue weighted by Gasteiger charge is -2.35. The van der Waals surface area contributed by atoms with Crippen LogP contribution in [-0.4, -0.2) is 12.6 Å². The fraction of sp³-hybridized carbons (Fsp3) is 0.647. The third-order valence-electron chi connectivity index (χ3n) is 4.35. The summed E-state index contributed by atoms with van der Waals surface area (Å²) in [5, 5.41) is 3.69. The molecule has 19 heavy (non-hydrogen) atoms. The van der Waals surface area contributed by atoms with E-state index in [1.807, 2.05) is 0 Å². The van der Waals surface area contributed by atoms with Crippen molar-refractivity contribution in [3.8, 4) is 0 Å². The van der Waals surface area contributed by atoms with E-state index in [2.05, 4.69) is 59.4 Å². The number of benzene rings is 1. The number of rotatable bonds is 4. The summed E-state index contributed by atoms with van der Waals surface area (Å²) in [6.45, 7) is 5.59. The lowest BCUT2D eigenvalue weighted by molar-refractivity contribution is 0.335. The number of nitrogens with one attached hydrogen (secondary N) is 1. The fourth-order valence-electron chi connectivity index (χ4n) is 3.19. The first-order valence-electron chi connectivity index (χ1n) is 7.62. The van der Waals surface area contributed by atoms with E-state index in [1.165, 1.54) is 48.6 Å². The van der Waals surface area contributed by atoms with Gasteiger partial charge in [-0.15, -0.1) is 0 Å². The minimum atomic E-state index is 0.338. The first-order valence-corrected chi connectivity index (χ1v) is 8.41. The van der Waals surface area contributed by atoms with E-state index in [4.69, 9.17) is 0 Å². The van der Waals surface area contributed by atoms with E-state index >= 15 is 0 Å². The zero-order valence-corrected chi connectivity index (χ0v) is 13.8. The van der Waals surface area contributed by atoms with Crippen molar-refractivity contribution in [3.05, 3.63) is 34.3 Å². The summed E-state index contributed by atoms with van der Waals surface area (Å²) >= 11 is 3.63. The molecule has 0 atom stereocenters. The van der Waals surface area contributed by atoms with Crippen molar-refractivity contribution < 1.29 is 0 Å². The van der Waals surface area contributed by atoms with Crippen LogP contribution in [0.5, 0.6) is 0 Å². The van der Waals surface area contributed by atoms with Crippen LogP contribution in [0.1, 0.15) is 57.9 Å².